The zero-order chi connectivity index (χ0) is 20.8. The lowest BCUT2D eigenvalue weighted by atomic mass is 10.1. The topological polar surface area (TPSA) is 82.5 Å². The molecular formula is C22H23N3O4. The molecule has 0 spiro atoms. The number of nitrogens with one attached hydrogen (secondary N) is 1. The molecule has 3 rings (SSSR count). The Labute approximate surface area is 168 Å². The lowest BCUT2D eigenvalue weighted by Crippen LogP contribution is -2.33. The number of methoxy groups -OCH3 is 1. The van der Waals surface area contributed by atoms with Crippen molar-refractivity contribution >= 4 is 11.6 Å². The molecule has 0 aliphatic rings. The summed E-state index contributed by atoms with van der Waals surface area (Å²) < 4.78 is 11.9. The molecule has 3 aromatic rings. The molecule has 7 nitrogen and oxygen atoms in total. The zero-order valence-electron chi connectivity index (χ0n) is 16.6. The molecule has 0 radical (unpaired) electrons. The van der Waals surface area contributed by atoms with Gasteiger partial charge in [0.1, 0.15) is 17.5 Å². The van der Waals surface area contributed by atoms with E-state index >= 15 is 0 Å². The molecule has 1 N–H and O–H groups in total. The first-order valence-corrected chi connectivity index (χ1v) is 9.30. The smallest absolute Gasteiger partial charge is 0.267 e. The first-order chi connectivity index (χ1) is 14.0. The number of nitrogens with zero attached hydrogens (tertiary/aromatic N) is 2. The van der Waals surface area contributed by atoms with Gasteiger partial charge in [-0.15, -0.1) is 0 Å². The average Bonchev–Trinajstić information content (AvgIpc) is 2.75. The summed E-state index contributed by atoms with van der Waals surface area (Å²) in [6, 6.07) is 16.7. The van der Waals surface area contributed by atoms with E-state index in [1.54, 1.807) is 31.2 Å². The van der Waals surface area contributed by atoms with Gasteiger partial charge in [0.25, 0.3) is 5.56 Å². The lowest BCUT2D eigenvalue weighted by Gasteiger charge is -2.16. The van der Waals surface area contributed by atoms with Gasteiger partial charge >= 0.3 is 0 Å². The maximum Gasteiger partial charge on any atom is 0.267 e. The van der Waals surface area contributed by atoms with Crippen molar-refractivity contribution in [3.8, 4) is 22.8 Å². The largest absolute Gasteiger partial charge is 0.495 e. The molecule has 0 aliphatic heterocycles. The van der Waals surface area contributed by atoms with Crippen LogP contribution in [0.15, 0.2) is 65.5 Å². The number of hydrogen-bond donors (Lipinski definition) is 1. The summed E-state index contributed by atoms with van der Waals surface area (Å²) >= 11 is 0. The van der Waals surface area contributed by atoms with Crippen LogP contribution in [0.1, 0.15) is 19.9 Å². The molecule has 2 aromatic carbocycles. The molecule has 7 heteroatoms. The zero-order valence-corrected chi connectivity index (χ0v) is 16.6. The van der Waals surface area contributed by atoms with Crippen LogP contribution in [0, 0.1) is 0 Å². The molecule has 1 aromatic heterocycles. The molecule has 1 heterocycles. The molecule has 29 heavy (non-hydrogen) atoms. The summed E-state index contributed by atoms with van der Waals surface area (Å²) in [7, 11) is 1.53. The van der Waals surface area contributed by atoms with Crippen LogP contribution in [0.2, 0.25) is 0 Å². The van der Waals surface area contributed by atoms with E-state index in [9.17, 15) is 9.59 Å². The average molecular weight is 393 g/mol. The van der Waals surface area contributed by atoms with E-state index in [-0.39, 0.29) is 11.5 Å². The number of rotatable bonds is 7. The second-order valence-electron chi connectivity index (χ2n) is 6.32. The Morgan fingerprint density at radius 2 is 1.83 bits per heavy atom. The number of anilines is 1. The second-order valence-corrected chi connectivity index (χ2v) is 6.32. The van der Waals surface area contributed by atoms with Gasteiger partial charge in [-0.2, -0.15) is 5.10 Å². The van der Waals surface area contributed by atoms with Crippen molar-refractivity contribution in [3.05, 3.63) is 71.0 Å². The molecule has 0 fully saturated rings. The van der Waals surface area contributed by atoms with Crippen LogP contribution < -0.4 is 20.3 Å². The first kappa shape index (κ1) is 20.1. The third-order valence-electron chi connectivity index (χ3n) is 4.40. The monoisotopic (exact) mass is 393 g/mol. The third kappa shape index (κ3) is 4.63. The van der Waals surface area contributed by atoms with Gasteiger partial charge in [0, 0.05) is 11.6 Å². The minimum Gasteiger partial charge on any atom is -0.495 e. The fourth-order valence-corrected chi connectivity index (χ4v) is 2.84. The summed E-state index contributed by atoms with van der Waals surface area (Å²) in [5.41, 5.74) is 1.58. The van der Waals surface area contributed by atoms with Crippen molar-refractivity contribution in [1.29, 1.82) is 0 Å². The molecule has 0 saturated heterocycles. The van der Waals surface area contributed by atoms with Gasteiger partial charge < -0.3 is 14.8 Å². The van der Waals surface area contributed by atoms with Crippen LogP contribution in [-0.4, -0.2) is 29.4 Å². The summed E-state index contributed by atoms with van der Waals surface area (Å²) in [5, 5.41) is 7.18. The predicted octanol–water partition coefficient (Wildman–Crippen LogP) is 3.52. The Bertz CT molecular complexity index is 1040. The van der Waals surface area contributed by atoms with Crippen molar-refractivity contribution in [2.24, 2.45) is 0 Å². The van der Waals surface area contributed by atoms with E-state index < -0.39 is 6.04 Å². The van der Waals surface area contributed by atoms with Crippen LogP contribution in [0.25, 0.3) is 11.3 Å². The Morgan fingerprint density at radius 1 is 1.10 bits per heavy atom. The number of carbonyl (C=O) groups excluding carboxylic acids is 1. The lowest BCUT2D eigenvalue weighted by molar-refractivity contribution is -0.119. The summed E-state index contributed by atoms with van der Waals surface area (Å²) in [5.74, 6) is 0.929. The Kier molecular flexibility index (Phi) is 6.29. The number of hydrogen-bond acceptors (Lipinski definition) is 5. The molecular weight excluding hydrogens is 370 g/mol. The van der Waals surface area contributed by atoms with E-state index in [0.717, 1.165) is 11.3 Å². The predicted molar refractivity (Wildman–Crippen MR) is 111 cm³/mol. The van der Waals surface area contributed by atoms with Crippen molar-refractivity contribution < 1.29 is 14.3 Å². The van der Waals surface area contributed by atoms with Crippen molar-refractivity contribution in [1.82, 2.24) is 9.78 Å². The number of para-hydroxylation sites is 2. The van der Waals surface area contributed by atoms with Gasteiger partial charge in [-0.3, -0.25) is 9.59 Å². The highest BCUT2D eigenvalue weighted by atomic mass is 16.5. The molecule has 1 unspecified atom stereocenters. The van der Waals surface area contributed by atoms with Gasteiger partial charge in [0.2, 0.25) is 5.91 Å². The molecule has 1 amide bonds. The van der Waals surface area contributed by atoms with E-state index in [1.165, 1.54) is 17.9 Å². The van der Waals surface area contributed by atoms with Gasteiger partial charge in [0.15, 0.2) is 0 Å². The second kappa shape index (κ2) is 9.05. The fraction of sp³-hybridized carbons (Fsp3) is 0.227. The van der Waals surface area contributed by atoms with Crippen LogP contribution in [0.3, 0.4) is 0 Å². The molecule has 0 saturated carbocycles. The van der Waals surface area contributed by atoms with E-state index in [2.05, 4.69) is 10.4 Å². The van der Waals surface area contributed by atoms with E-state index in [1.807, 2.05) is 37.3 Å². The van der Waals surface area contributed by atoms with Crippen molar-refractivity contribution in [2.45, 2.75) is 19.9 Å². The SMILES string of the molecule is CCOc1ccc(-c2ccc(=O)n(C(C)C(=O)Nc3ccccc3OC)n2)cc1. The Balaban J connectivity index is 1.85. The molecule has 0 aliphatic carbocycles. The van der Waals surface area contributed by atoms with Crippen LogP contribution in [-0.2, 0) is 4.79 Å². The van der Waals surface area contributed by atoms with Gasteiger partial charge in [-0.25, -0.2) is 4.68 Å². The number of benzene rings is 2. The fourth-order valence-electron chi connectivity index (χ4n) is 2.84. The quantitative estimate of drug-likeness (QED) is 0.664. The summed E-state index contributed by atoms with van der Waals surface area (Å²) in [6.07, 6.45) is 0. The Morgan fingerprint density at radius 3 is 2.52 bits per heavy atom. The number of carbonyl (C=O) groups is 1. The number of ether oxygens (including phenoxy) is 2. The minimum atomic E-state index is -0.810. The van der Waals surface area contributed by atoms with E-state index in [4.69, 9.17) is 9.47 Å². The standard InChI is InChI=1S/C22H23N3O4/c1-4-29-17-11-9-16(10-12-17)18-13-14-21(26)25(24-18)15(2)22(27)23-19-7-5-6-8-20(19)28-3/h5-15H,4H2,1-3H3,(H,23,27). The molecule has 150 valence electrons. The van der Waals surface area contributed by atoms with E-state index in [0.29, 0.717) is 23.7 Å². The number of aromatic nitrogens is 2. The van der Waals surface area contributed by atoms with Crippen LogP contribution in [0.4, 0.5) is 5.69 Å². The summed E-state index contributed by atoms with van der Waals surface area (Å²) in [4.78, 5) is 25.1. The van der Waals surface area contributed by atoms with Crippen LogP contribution in [0.5, 0.6) is 11.5 Å². The van der Waals surface area contributed by atoms with Gasteiger partial charge in [-0.1, -0.05) is 12.1 Å². The highest BCUT2D eigenvalue weighted by molar-refractivity contribution is 5.94. The normalized spacial score (nSPS) is 11.6. The highest BCUT2D eigenvalue weighted by Gasteiger charge is 2.19. The van der Waals surface area contributed by atoms with Crippen molar-refractivity contribution in [3.63, 3.8) is 0 Å². The van der Waals surface area contributed by atoms with Gasteiger partial charge in [0.05, 0.1) is 25.1 Å². The van der Waals surface area contributed by atoms with Crippen LogP contribution >= 0.6 is 0 Å². The molecule has 0 bridgehead atoms. The third-order valence-corrected chi connectivity index (χ3v) is 4.40. The van der Waals surface area contributed by atoms with Crippen molar-refractivity contribution in [2.75, 3.05) is 19.0 Å². The maximum atomic E-state index is 12.7. The van der Waals surface area contributed by atoms with Gasteiger partial charge in [-0.05, 0) is 56.3 Å². The minimum absolute atomic E-state index is 0.359. The highest BCUT2D eigenvalue weighted by Crippen LogP contribution is 2.24. The molecule has 1 atom stereocenters. The first-order valence-electron chi connectivity index (χ1n) is 9.30. The summed E-state index contributed by atoms with van der Waals surface area (Å²) in [6.45, 7) is 4.13. The number of amides is 1. The Hall–Kier alpha value is -3.61. The maximum absolute atomic E-state index is 12.7.